The van der Waals surface area contributed by atoms with Gasteiger partial charge < -0.3 is 27.7 Å². The quantitative estimate of drug-likeness (QED) is 0.0850. The summed E-state index contributed by atoms with van der Waals surface area (Å²) in [6, 6.07) is 19.3. The minimum absolute atomic E-state index is 0.119. The van der Waals surface area contributed by atoms with E-state index in [9.17, 15) is 20.3 Å². The molecule has 0 bridgehead atoms. The standard InChI is InChI=1S/C42H46ClIN4O6/c1-27-31(7-3-4-13-47-14-12-35(24-47)54-44)8-5-10-36(27)37-11-6-9-32(28(37)2)26-53-41-18-40(52-25-30-15-29(19-45)20-46-21-30)33(16-38(41)43)22-48-23-34(49)17-39(48)42(50)51/h5-6,8-11,15-16,18,20-21,34-35,39,49H,3-4,7,12-14,17,22-26H2,1-2H3,(H,50,51)/t34-,35-,39+/m1/s1. The van der Waals surface area contributed by atoms with Crippen molar-refractivity contribution in [1.29, 1.82) is 5.26 Å². The number of aryl methyl sites for hydroxylation is 1. The van der Waals surface area contributed by atoms with Gasteiger partial charge in [-0.2, -0.15) is 5.26 Å². The molecule has 3 aromatic carbocycles. The van der Waals surface area contributed by atoms with Crippen molar-refractivity contribution < 1.29 is 27.5 Å². The van der Waals surface area contributed by atoms with Crippen LogP contribution in [-0.4, -0.2) is 75.4 Å². The van der Waals surface area contributed by atoms with E-state index in [4.69, 9.17) is 24.1 Å². The number of pyridine rings is 1. The Morgan fingerprint density at radius 3 is 2.44 bits per heavy atom. The first kappa shape index (κ1) is 39.9. The van der Waals surface area contributed by atoms with Crippen LogP contribution in [-0.2, 0) is 34.0 Å². The SMILES string of the molecule is Cc1c(CCCCN2CC[C@@H](OI)C2)cccc1-c1cccc(COc2cc(OCc3cncc(C#N)c3)c(CN3C[C@H](O)C[C@H]3C(=O)O)cc2Cl)c1C. The fourth-order valence-corrected chi connectivity index (χ4v) is 8.18. The van der Waals surface area contributed by atoms with Gasteiger partial charge in [-0.3, -0.25) is 14.7 Å². The van der Waals surface area contributed by atoms with Crippen molar-refractivity contribution in [3.63, 3.8) is 0 Å². The van der Waals surface area contributed by atoms with Crippen LogP contribution >= 0.6 is 34.6 Å². The number of carboxylic acid groups (broad SMARTS) is 1. The Kier molecular flexibility index (Phi) is 13.8. The highest BCUT2D eigenvalue weighted by molar-refractivity contribution is 14.1. The monoisotopic (exact) mass is 864 g/mol. The van der Waals surface area contributed by atoms with E-state index in [0.29, 0.717) is 39.3 Å². The summed E-state index contributed by atoms with van der Waals surface area (Å²) < 4.78 is 18.1. The lowest BCUT2D eigenvalue weighted by atomic mass is 9.90. The lowest BCUT2D eigenvalue weighted by Gasteiger charge is -2.23. The summed E-state index contributed by atoms with van der Waals surface area (Å²) in [5.41, 5.74) is 8.97. The number of aromatic nitrogens is 1. The van der Waals surface area contributed by atoms with Crippen LogP contribution in [0.3, 0.4) is 0 Å². The van der Waals surface area contributed by atoms with Crippen molar-refractivity contribution in [2.24, 2.45) is 0 Å². The molecule has 0 saturated carbocycles. The summed E-state index contributed by atoms with van der Waals surface area (Å²) in [5.74, 6) is -0.114. The Balaban J connectivity index is 1.17. The molecule has 2 aliphatic rings. The zero-order valence-corrected chi connectivity index (χ0v) is 33.6. The summed E-state index contributed by atoms with van der Waals surface area (Å²) in [4.78, 5) is 20.3. The molecule has 2 aliphatic heterocycles. The molecule has 3 atom stereocenters. The molecule has 2 fully saturated rings. The molecule has 4 aromatic rings. The second kappa shape index (κ2) is 18.7. The second-order valence-electron chi connectivity index (χ2n) is 14.3. The molecule has 284 valence electrons. The molecule has 0 amide bonds. The maximum Gasteiger partial charge on any atom is 0.321 e. The molecule has 1 aromatic heterocycles. The van der Waals surface area contributed by atoms with Crippen molar-refractivity contribution in [3.05, 3.63) is 111 Å². The van der Waals surface area contributed by atoms with Crippen LogP contribution in [0.1, 0.15) is 64.6 Å². The molecule has 0 unspecified atom stereocenters. The van der Waals surface area contributed by atoms with Gasteiger partial charge in [0.2, 0.25) is 0 Å². The van der Waals surface area contributed by atoms with E-state index in [0.717, 1.165) is 62.0 Å². The fourth-order valence-electron chi connectivity index (χ4n) is 7.52. The van der Waals surface area contributed by atoms with Crippen LogP contribution in [0.25, 0.3) is 11.1 Å². The Morgan fingerprint density at radius 2 is 1.72 bits per heavy atom. The van der Waals surface area contributed by atoms with Crippen molar-refractivity contribution in [1.82, 2.24) is 14.8 Å². The van der Waals surface area contributed by atoms with Gasteiger partial charge in [-0.25, -0.2) is 0 Å². The predicted molar refractivity (Wildman–Crippen MR) is 216 cm³/mol. The van der Waals surface area contributed by atoms with E-state index in [2.05, 4.69) is 66.2 Å². The van der Waals surface area contributed by atoms with Gasteiger partial charge in [0.15, 0.2) is 0 Å². The first-order valence-electron chi connectivity index (χ1n) is 18.4. The minimum Gasteiger partial charge on any atom is -0.488 e. The minimum atomic E-state index is -0.993. The highest BCUT2D eigenvalue weighted by Crippen LogP contribution is 2.37. The number of aliphatic hydroxyl groups excluding tert-OH is 1. The van der Waals surface area contributed by atoms with Crippen molar-refractivity contribution in [3.8, 4) is 28.7 Å². The van der Waals surface area contributed by atoms with Crippen LogP contribution in [0.2, 0.25) is 5.02 Å². The summed E-state index contributed by atoms with van der Waals surface area (Å²) >= 11 is 8.85. The third-order valence-corrected chi connectivity index (χ3v) is 11.6. The molecule has 0 radical (unpaired) electrons. The molecule has 2 N–H and O–H groups in total. The molecule has 6 rings (SSSR count). The third-order valence-electron chi connectivity index (χ3n) is 10.6. The summed E-state index contributed by atoms with van der Waals surface area (Å²) in [6.45, 7) is 8.39. The average Bonchev–Trinajstić information content (AvgIpc) is 3.79. The molecule has 12 heteroatoms. The molecule has 10 nitrogen and oxygen atoms in total. The van der Waals surface area contributed by atoms with Gasteiger partial charge in [0.1, 0.15) is 59.8 Å². The number of β-amino-alcohol motifs (C(OH)–C–C–N with tert-alkyl or cyclic N) is 1. The number of nitriles is 1. The van der Waals surface area contributed by atoms with Crippen LogP contribution in [0.4, 0.5) is 0 Å². The number of unbranched alkanes of at least 4 members (excludes halogenated alkanes) is 1. The number of rotatable bonds is 16. The number of likely N-dealkylation sites (tertiary alicyclic amines) is 2. The molecule has 54 heavy (non-hydrogen) atoms. The first-order chi connectivity index (χ1) is 26.1. The van der Waals surface area contributed by atoms with E-state index in [-0.39, 0.29) is 32.7 Å². The van der Waals surface area contributed by atoms with Crippen LogP contribution in [0, 0.1) is 25.2 Å². The van der Waals surface area contributed by atoms with Gasteiger partial charge in [-0.15, -0.1) is 0 Å². The predicted octanol–water partition coefficient (Wildman–Crippen LogP) is 7.83. The zero-order chi connectivity index (χ0) is 38.2. The van der Waals surface area contributed by atoms with Crippen molar-refractivity contribution >= 4 is 40.6 Å². The maximum atomic E-state index is 12.0. The van der Waals surface area contributed by atoms with Crippen LogP contribution in [0.5, 0.6) is 11.5 Å². The highest BCUT2D eigenvalue weighted by atomic mass is 127. The molecule has 0 aliphatic carbocycles. The average molecular weight is 865 g/mol. The topological polar surface area (TPSA) is 128 Å². The Bertz CT molecular complexity index is 1990. The second-order valence-corrected chi connectivity index (χ2v) is 15.2. The number of ether oxygens (including phenoxy) is 2. The highest BCUT2D eigenvalue weighted by Gasteiger charge is 2.36. The Labute approximate surface area is 336 Å². The number of aliphatic hydroxyl groups is 1. The van der Waals surface area contributed by atoms with E-state index < -0.39 is 18.1 Å². The number of nitrogens with zero attached hydrogens (tertiary/aromatic N) is 4. The number of carbonyl (C=O) groups is 1. The lowest BCUT2D eigenvalue weighted by molar-refractivity contribution is -0.142. The molecule has 0 spiro atoms. The number of benzene rings is 3. The molecular weight excluding hydrogens is 819 g/mol. The van der Waals surface area contributed by atoms with Gasteiger partial charge in [0.25, 0.3) is 0 Å². The van der Waals surface area contributed by atoms with Gasteiger partial charge in [0.05, 0.1) is 22.8 Å². The third kappa shape index (κ3) is 9.90. The fraction of sp³-hybridized carbons (Fsp3) is 0.405. The van der Waals surface area contributed by atoms with Gasteiger partial charge in [-0.1, -0.05) is 48.0 Å². The summed E-state index contributed by atoms with van der Waals surface area (Å²) in [6.07, 6.45) is 7.32. The number of aliphatic carboxylic acids is 1. The maximum absolute atomic E-state index is 12.0. The Morgan fingerprint density at radius 1 is 0.981 bits per heavy atom. The van der Waals surface area contributed by atoms with E-state index in [1.54, 1.807) is 29.3 Å². The Hall–Kier alpha value is -3.77. The number of hydrogen-bond donors (Lipinski definition) is 2. The smallest absolute Gasteiger partial charge is 0.321 e. The molecule has 2 saturated heterocycles. The first-order valence-corrected chi connectivity index (χ1v) is 19.6. The van der Waals surface area contributed by atoms with Crippen LogP contribution in [0.15, 0.2) is 67.0 Å². The van der Waals surface area contributed by atoms with Crippen molar-refractivity contribution in [2.75, 3.05) is 26.2 Å². The van der Waals surface area contributed by atoms with Crippen LogP contribution < -0.4 is 9.47 Å². The largest absolute Gasteiger partial charge is 0.488 e. The van der Waals surface area contributed by atoms with Gasteiger partial charge >= 0.3 is 5.97 Å². The van der Waals surface area contributed by atoms with Gasteiger partial charge in [0, 0.05) is 62.2 Å². The molecule has 3 heterocycles. The normalized spacial score (nSPS) is 18.9. The number of hydrogen-bond acceptors (Lipinski definition) is 9. The van der Waals surface area contributed by atoms with Crippen molar-refractivity contribution in [2.45, 2.75) is 84.0 Å². The van der Waals surface area contributed by atoms with E-state index >= 15 is 0 Å². The van der Waals surface area contributed by atoms with E-state index in [1.165, 1.54) is 22.9 Å². The van der Waals surface area contributed by atoms with E-state index in [1.807, 2.05) is 23.0 Å². The number of carboxylic acids is 1. The molecular formula is C42H46ClIN4O6. The summed E-state index contributed by atoms with van der Waals surface area (Å²) in [7, 11) is 0. The zero-order valence-electron chi connectivity index (χ0n) is 30.6. The number of halogens is 2. The lowest BCUT2D eigenvalue weighted by Crippen LogP contribution is -2.35. The summed E-state index contributed by atoms with van der Waals surface area (Å²) in [5, 5.41) is 29.7. The van der Waals surface area contributed by atoms with Gasteiger partial charge in [-0.05, 0) is 91.6 Å².